The maximum Gasteiger partial charge on any atom is 0.271 e. The van der Waals surface area contributed by atoms with Crippen LogP contribution in [0.1, 0.15) is 0 Å². The van der Waals surface area contributed by atoms with Gasteiger partial charge in [-0.25, -0.2) is 4.98 Å². The third-order valence-corrected chi connectivity index (χ3v) is 2.36. The van der Waals surface area contributed by atoms with E-state index in [2.05, 4.69) is 15.3 Å². The molecule has 0 saturated heterocycles. The monoisotopic (exact) mass is 219 g/mol. The fourth-order valence-corrected chi connectivity index (χ4v) is 1.25. The van der Waals surface area contributed by atoms with Gasteiger partial charge in [0.05, 0.1) is 6.33 Å². The lowest BCUT2D eigenvalue weighted by Gasteiger charge is -2.04. The van der Waals surface area contributed by atoms with Crippen LogP contribution in [0, 0.1) is 0 Å². The Hall–Kier alpha value is -0.680. The second kappa shape index (κ2) is 5.14. The Labute approximate surface area is 85.1 Å². The van der Waals surface area contributed by atoms with Gasteiger partial charge in [-0.3, -0.25) is 4.79 Å². The molecule has 6 heteroatoms. The first-order valence-corrected chi connectivity index (χ1v) is 5.49. The van der Waals surface area contributed by atoms with Gasteiger partial charge in [-0.05, 0) is 6.26 Å². The van der Waals surface area contributed by atoms with Crippen LogP contribution in [-0.2, 0) is 0 Å². The largest absolute Gasteiger partial charge is 0.368 e. The zero-order valence-corrected chi connectivity index (χ0v) is 8.71. The molecule has 0 spiro atoms. The standard InChI is InChI=1S/C7H10ClN3OS/c1-13-3-2-9-6-5(8)7(12)11-4-10-6/h4H,2-3H2,1H3,(H2,9,10,11,12). The fraction of sp³-hybridized carbons (Fsp3) is 0.429. The number of halogens is 1. The van der Waals surface area contributed by atoms with Crippen molar-refractivity contribution >= 4 is 29.2 Å². The average Bonchev–Trinajstić information content (AvgIpc) is 2.13. The molecule has 0 radical (unpaired) electrons. The molecular weight excluding hydrogens is 210 g/mol. The molecule has 0 fully saturated rings. The van der Waals surface area contributed by atoms with Crippen molar-refractivity contribution in [2.75, 3.05) is 23.9 Å². The van der Waals surface area contributed by atoms with Crippen molar-refractivity contribution in [3.63, 3.8) is 0 Å². The van der Waals surface area contributed by atoms with Crippen molar-refractivity contribution in [1.29, 1.82) is 0 Å². The van der Waals surface area contributed by atoms with E-state index in [4.69, 9.17) is 11.6 Å². The van der Waals surface area contributed by atoms with Crippen LogP contribution in [0.3, 0.4) is 0 Å². The maximum absolute atomic E-state index is 11.0. The summed E-state index contributed by atoms with van der Waals surface area (Å²) >= 11 is 7.41. The Bertz CT molecular complexity index is 328. The second-order valence-corrected chi connectivity index (χ2v) is 3.68. The van der Waals surface area contributed by atoms with Crippen LogP contribution >= 0.6 is 23.4 Å². The van der Waals surface area contributed by atoms with E-state index in [9.17, 15) is 4.79 Å². The highest BCUT2D eigenvalue weighted by atomic mass is 35.5. The Balaban J connectivity index is 2.66. The first-order valence-electron chi connectivity index (χ1n) is 3.71. The average molecular weight is 220 g/mol. The minimum Gasteiger partial charge on any atom is -0.368 e. The molecule has 0 atom stereocenters. The highest BCUT2D eigenvalue weighted by Gasteiger charge is 2.03. The van der Waals surface area contributed by atoms with Gasteiger partial charge in [-0.2, -0.15) is 11.8 Å². The lowest BCUT2D eigenvalue weighted by atomic mass is 10.5. The molecule has 4 nitrogen and oxygen atoms in total. The van der Waals surface area contributed by atoms with Crippen LogP contribution in [0.4, 0.5) is 5.82 Å². The van der Waals surface area contributed by atoms with Crippen LogP contribution in [0.5, 0.6) is 0 Å². The molecule has 0 aliphatic rings. The summed E-state index contributed by atoms with van der Waals surface area (Å²) in [6.45, 7) is 0.747. The number of H-pyrrole nitrogens is 1. The zero-order chi connectivity index (χ0) is 9.68. The predicted molar refractivity (Wildman–Crippen MR) is 56.7 cm³/mol. The highest BCUT2D eigenvalue weighted by Crippen LogP contribution is 2.11. The quantitative estimate of drug-likeness (QED) is 0.748. The number of aromatic amines is 1. The lowest BCUT2D eigenvalue weighted by molar-refractivity contribution is 1.09. The van der Waals surface area contributed by atoms with Crippen molar-refractivity contribution in [1.82, 2.24) is 9.97 Å². The topological polar surface area (TPSA) is 57.8 Å². The number of nitrogens with one attached hydrogen (secondary N) is 2. The van der Waals surface area contributed by atoms with Crippen molar-refractivity contribution in [3.05, 3.63) is 21.7 Å². The van der Waals surface area contributed by atoms with Gasteiger partial charge in [0.2, 0.25) is 0 Å². The SMILES string of the molecule is CSCCNc1nc[nH]c(=O)c1Cl. The van der Waals surface area contributed by atoms with E-state index in [0.717, 1.165) is 12.3 Å². The minimum atomic E-state index is -0.316. The smallest absolute Gasteiger partial charge is 0.271 e. The van der Waals surface area contributed by atoms with E-state index in [-0.39, 0.29) is 10.6 Å². The highest BCUT2D eigenvalue weighted by molar-refractivity contribution is 7.98. The zero-order valence-electron chi connectivity index (χ0n) is 7.13. The number of aromatic nitrogens is 2. The first-order chi connectivity index (χ1) is 6.25. The van der Waals surface area contributed by atoms with Crippen LogP contribution in [-0.4, -0.2) is 28.5 Å². The third-order valence-electron chi connectivity index (χ3n) is 1.40. The number of anilines is 1. The molecule has 1 rings (SSSR count). The van der Waals surface area contributed by atoms with Crippen molar-refractivity contribution in [3.8, 4) is 0 Å². The summed E-state index contributed by atoms with van der Waals surface area (Å²) in [5.74, 6) is 1.39. The summed E-state index contributed by atoms with van der Waals surface area (Å²) in [7, 11) is 0. The summed E-state index contributed by atoms with van der Waals surface area (Å²) < 4.78 is 0. The molecule has 0 aromatic carbocycles. The van der Waals surface area contributed by atoms with Crippen molar-refractivity contribution < 1.29 is 0 Å². The summed E-state index contributed by atoms with van der Waals surface area (Å²) in [5, 5.41) is 3.09. The van der Waals surface area contributed by atoms with Gasteiger partial charge < -0.3 is 10.3 Å². The normalized spacial score (nSPS) is 10.0. The van der Waals surface area contributed by atoms with E-state index in [0.29, 0.717) is 5.82 Å². The Kier molecular flexibility index (Phi) is 4.11. The van der Waals surface area contributed by atoms with E-state index in [1.54, 1.807) is 11.8 Å². The molecule has 0 unspecified atom stereocenters. The van der Waals surface area contributed by atoms with Gasteiger partial charge in [0.1, 0.15) is 5.02 Å². The summed E-state index contributed by atoms with van der Waals surface area (Å²) in [6.07, 6.45) is 3.34. The van der Waals surface area contributed by atoms with E-state index in [1.165, 1.54) is 6.33 Å². The molecule has 0 aliphatic carbocycles. The molecule has 1 heterocycles. The van der Waals surface area contributed by atoms with Gasteiger partial charge in [0.15, 0.2) is 5.82 Å². The van der Waals surface area contributed by atoms with Crippen molar-refractivity contribution in [2.24, 2.45) is 0 Å². The summed E-state index contributed by atoms with van der Waals surface area (Å²) in [4.78, 5) is 17.3. The second-order valence-electron chi connectivity index (χ2n) is 2.31. The Morgan fingerprint density at radius 3 is 3.23 bits per heavy atom. The van der Waals surface area contributed by atoms with Gasteiger partial charge in [0.25, 0.3) is 5.56 Å². The van der Waals surface area contributed by atoms with Crippen LogP contribution in [0.25, 0.3) is 0 Å². The molecule has 13 heavy (non-hydrogen) atoms. The van der Waals surface area contributed by atoms with Gasteiger partial charge in [0, 0.05) is 12.3 Å². The van der Waals surface area contributed by atoms with E-state index >= 15 is 0 Å². The molecule has 0 bridgehead atoms. The number of rotatable bonds is 4. The van der Waals surface area contributed by atoms with E-state index < -0.39 is 0 Å². The Morgan fingerprint density at radius 1 is 1.77 bits per heavy atom. The van der Waals surface area contributed by atoms with E-state index in [1.807, 2.05) is 6.26 Å². The summed E-state index contributed by atoms with van der Waals surface area (Å²) in [5.41, 5.74) is -0.316. The number of nitrogens with zero attached hydrogens (tertiary/aromatic N) is 1. The minimum absolute atomic E-state index is 0.114. The van der Waals surface area contributed by atoms with Gasteiger partial charge in [-0.1, -0.05) is 11.6 Å². The molecule has 2 N–H and O–H groups in total. The van der Waals surface area contributed by atoms with Crippen LogP contribution < -0.4 is 10.9 Å². The molecular formula is C7H10ClN3OS. The first kappa shape index (κ1) is 10.4. The molecule has 0 amide bonds. The summed E-state index contributed by atoms with van der Waals surface area (Å²) in [6, 6.07) is 0. The molecule has 0 aliphatic heterocycles. The fourth-order valence-electron chi connectivity index (χ4n) is 0.778. The molecule has 72 valence electrons. The third kappa shape index (κ3) is 2.93. The Morgan fingerprint density at radius 2 is 2.54 bits per heavy atom. The van der Waals surface area contributed by atoms with Crippen LogP contribution in [0.15, 0.2) is 11.1 Å². The maximum atomic E-state index is 11.0. The molecule has 0 saturated carbocycles. The number of thioether (sulfide) groups is 1. The molecule has 1 aromatic rings. The van der Waals surface area contributed by atoms with Crippen LogP contribution in [0.2, 0.25) is 5.02 Å². The predicted octanol–water partition coefficient (Wildman–Crippen LogP) is 1.20. The molecule has 1 aromatic heterocycles. The number of hydrogen-bond donors (Lipinski definition) is 2. The van der Waals surface area contributed by atoms with Gasteiger partial charge >= 0.3 is 0 Å². The number of hydrogen-bond acceptors (Lipinski definition) is 4. The lowest BCUT2D eigenvalue weighted by Crippen LogP contribution is -2.13. The van der Waals surface area contributed by atoms with Gasteiger partial charge in [-0.15, -0.1) is 0 Å². The van der Waals surface area contributed by atoms with Crippen molar-refractivity contribution in [2.45, 2.75) is 0 Å².